The first kappa shape index (κ1) is 25.7. The van der Waals surface area contributed by atoms with Gasteiger partial charge in [-0.15, -0.1) is 0 Å². The summed E-state index contributed by atoms with van der Waals surface area (Å²) < 4.78 is 57.5. The van der Waals surface area contributed by atoms with Crippen LogP contribution in [-0.2, 0) is 10.4 Å². The van der Waals surface area contributed by atoms with Gasteiger partial charge in [0.1, 0.15) is 12.0 Å². The van der Waals surface area contributed by atoms with Gasteiger partial charge in [0, 0.05) is 32.8 Å². The molecule has 2 aromatic carbocycles. The predicted molar refractivity (Wildman–Crippen MR) is 122 cm³/mol. The Bertz CT molecular complexity index is 1170. The zero-order valence-electron chi connectivity index (χ0n) is 18.3. The molecule has 35 heavy (non-hydrogen) atoms. The molecule has 4 rings (SSSR count). The molecule has 0 aromatic heterocycles. The molecular weight excluding hydrogens is 513 g/mol. The Balaban J connectivity index is 1.56. The quantitative estimate of drug-likeness (QED) is 0.352. The summed E-state index contributed by atoms with van der Waals surface area (Å²) in [7, 11) is 0. The third-order valence-corrected chi connectivity index (χ3v) is 6.28. The molecule has 3 N–H and O–H groups in total. The number of hydrogen-bond donors (Lipinski definition) is 3. The fourth-order valence-corrected chi connectivity index (χ4v) is 4.37. The van der Waals surface area contributed by atoms with Crippen molar-refractivity contribution >= 4 is 34.8 Å². The zero-order chi connectivity index (χ0) is 25.5. The van der Waals surface area contributed by atoms with E-state index in [9.17, 15) is 27.5 Å². The Morgan fingerprint density at radius 3 is 2.49 bits per heavy atom. The number of alkyl halides is 3. The van der Waals surface area contributed by atoms with Crippen molar-refractivity contribution in [2.24, 2.45) is 5.16 Å². The van der Waals surface area contributed by atoms with E-state index in [2.05, 4.69) is 15.8 Å². The summed E-state index contributed by atoms with van der Waals surface area (Å²) in [6, 6.07) is 5.81. The van der Waals surface area contributed by atoms with Crippen molar-refractivity contribution in [3.63, 3.8) is 0 Å². The molecule has 0 spiro atoms. The Morgan fingerprint density at radius 1 is 1.23 bits per heavy atom. The van der Waals surface area contributed by atoms with E-state index in [0.717, 1.165) is 31.0 Å². The molecule has 0 bridgehead atoms. The molecule has 2 unspecified atom stereocenters. The van der Waals surface area contributed by atoms with Gasteiger partial charge in [-0.2, -0.15) is 13.2 Å². The molecule has 1 aliphatic heterocycles. The largest absolute Gasteiger partial charge is 0.435 e. The van der Waals surface area contributed by atoms with Crippen molar-refractivity contribution in [1.82, 2.24) is 10.6 Å². The van der Waals surface area contributed by atoms with Gasteiger partial charge >= 0.3 is 6.18 Å². The third-order valence-electron chi connectivity index (χ3n) is 5.85. The Morgan fingerprint density at radius 2 is 1.89 bits per heavy atom. The number of amides is 1. The molecule has 2 atom stereocenters. The van der Waals surface area contributed by atoms with Crippen LogP contribution in [0, 0.1) is 12.7 Å². The third kappa shape index (κ3) is 5.40. The van der Waals surface area contributed by atoms with Crippen LogP contribution in [0.15, 0.2) is 35.5 Å². The number of rotatable bonds is 7. The summed E-state index contributed by atoms with van der Waals surface area (Å²) in [5.41, 5.74) is -3.50. The van der Waals surface area contributed by atoms with Crippen molar-refractivity contribution < 1.29 is 32.3 Å². The number of hydrogen-bond acceptors (Lipinski definition) is 5. The molecule has 2 aliphatic rings. The lowest BCUT2D eigenvalue weighted by Gasteiger charge is -2.29. The van der Waals surface area contributed by atoms with E-state index >= 15 is 0 Å². The topological polar surface area (TPSA) is 83.0 Å². The SMILES string of the molecule is Cc1cc(C2=NOC(c3cc(Cl)cc(Cl)c3)(C(F)(F)F)C2)c(F)cc1C(=O)NCC(O)NC1CC1. The number of carbonyl (C=O) groups excluding carboxylic acids is 1. The zero-order valence-corrected chi connectivity index (χ0v) is 19.9. The van der Waals surface area contributed by atoms with Gasteiger partial charge in [0.25, 0.3) is 11.5 Å². The van der Waals surface area contributed by atoms with Gasteiger partial charge in [0.05, 0.1) is 18.7 Å². The van der Waals surface area contributed by atoms with E-state index in [1.54, 1.807) is 0 Å². The van der Waals surface area contributed by atoms with Crippen LogP contribution in [0.4, 0.5) is 17.6 Å². The number of aryl methyl sites for hydroxylation is 1. The first-order valence-electron chi connectivity index (χ1n) is 10.7. The van der Waals surface area contributed by atoms with Gasteiger partial charge in [-0.1, -0.05) is 28.4 Å². The van der Waals surface area contributed by atoms with E-state index in [0.29, 0.717) is 5.56 Å². The van der Waals surface area contributed by atoms with E-state index in [1.165, 1.54) is 19.1 Å². The van der Waals surface area contributed by atoms with Crippen LogP contribution in [-0.4, -0.2) is 41.7 Å². The van der Waals surface area contributed by atoms with Crippen LogP contribution in [0.2, 0.25) is 10.0 Å². The number of carbonyl (C=O) groups is 1. The summed E-state index contributed by atoms with van der Waals surface area (Å²) in [5, 5.41) is 18.8. The molecule has 2 aromatic rings. The van der Waals surface area contributed by atoms with Crippen LogP contribution in [0.1, 0.15) is 46.3 Å². The Hall–Kier alpha value is -2.40. The Labute approximate surface area is 208 Å². The second-order valence-electron chi connectivity index (χ2n) is 8.60. The van der Waals surface area contributed by atoms with Gasteiger partial charge in [-0.05, 0) is 55.7 Å². The first-order chi connectivity index (χ1) is 16.4. The molecule has 188 valence electrons. The number of nitrogens with one attached hydrogen (secondary N) is 2. The van der Waals surface area contributed by atoms with Gasteiger partial charge in [-0.25, -0.2) is 4.39 Å². The van der Waals surface area contributed by atoms with Gasteiger partial charge in [0.15, 0.2) is 0 Å². The summed E-state index contributed by atoms with van der Waals surface area (Å²) in [6.45, 7) is 1.43. The summed E-state index contributed by atoms with van der Waals surface area (Å²) in [4.78, 5) is 17.4. The van der Waals surface area contributed by atoms with Crippen molar-refractivity contribution in [2.75, 3.05) is 6.54 Å². The molecule has 12 heteroatoms. The van der Waals surface area contributed by atoms with Gasteiger partial charge in [0.2, 0.25) is 0 Å². The monoisotopic (exact) mass is 533 g/mol. The minimum absolute atomic E-state index is 0.0203. The van der Waals surface area contributed by atoms with Crippen LogP contribution < -0.4 is 10.6 Å². The molecule has 6 nitrogen and oxygen atoms in total. The molecule has 0 saturated heterocycles. The average Bonchev–Trinajstić information content (AvgIpc) is 3.44. The van der Waals surface area contributed by atoms with Crippen molar-refractivity contribution in [3.05, 3.63) is 68.4 Å². The van der Waals surface area contributed by atoms with E-state index in [-0.39, 0.29) is 45.0 Å². The number of aliphatic hydroxyl groups is 1. The van der Waals surface area contributed by atoms with E-state index in [1.807, 2.05) is 0 Å². The van der Waals surface area contributed by atoms with E-state index in [4.69, 9.17) is 28.0 Å². The van der Waals surface area contributed by atoms with Gasteiger partial charge < -0.3 is 15.3 Å². The minimum atomic E-state index is -4.92. The lowest BCUT2D eigenvalue weighted by atomic mass is 9.86. The fourth-order valence-electron chi connectivity index (χ4n) is 3.85. The van der Waals surface area contributed by atoms with E-state index < -0.39 is 36.2 Å². The summed E-state index contributed by atoms with van der Waals surface area (Å²) in [5.74, 6) is -1.57. The lowest BCUT2D eigenvalue weighted by Crippen LogP contribution is -2.42. The number of halogens is 6. The molecule has 1 aliphatic carbocycles. The highest BCUT2D eigenvalue weighted by Crippen LogP contribution is 2.50. The highest BCUT2D eigenvalue weighted by atomic mass is 35.5. The predicted octanol–water partition coefficient (Wildman–Crippen LogP) is 4.82. The maximum atomic E-state index is 15.0. The standard InChI is InChI=1S/C23H21Cl2F4N3O3/c1-11-4-17(18(26)8-16(11)21(34)30-10-20(33)31-15-2-3-15)19-9-22(35-32-19,23(27,28)29)12-5-13(24)7-14(25)6-12/h4-8,15,20,31,33H,2-3,9-10H2,1H3,(H,30,34). The van der Waals surface area contributed by atoms with Crippen LogP contribution >= 0.6 is 23.2 Å². The molecule has 0 radical (unpaired) electrons. The molecule has 1 saturated carbocycles. The number of nitrogens with zero attached hydrogens (tertiary/aromatic N) is 1. The minimum Gasteiger partial charge on any atom is -0.377 e. The maximum absolute atomic E-state index is 15.0. The molecular formula is C23H21Cl2F4N3O3. The van der Waals surface area contributed by atoms with Crippen LogP contribution in [0.25, 0.3) is 0 Å². The molecule has 1 amide bonds. The van der Waals surface area contributed by atoms with Gasteiger partial charge in [-0.3, -0.25) is 10.1 Å². The highest BCUT2D eigenvalue weighted by molar-refractivity contribution is 6.34. The van der Waals surface area contributed by atoms with Crippen molar-refractivity contribution in [3.8, 4) is 0 Å². The first-order valence-corrected chi connectivity index (χ1v) is 11.5. The highest BCUT2D eigenvalue weighted by Gasteiger charge is 2.62. The van der Waals surface area contributed by atoms with Crippen molar-refractivity contribution in [1.29, 1.82) is 0 Å². The second-order valence-corrected chi connectivity index (χ2v) is 9.48. The van der Waals surface area contributed by atoms with Crippen LogP contribution in [0.3, 0.4) is 0 Å². The lowest BCUT2D eigenvalue weighted by molar-refractivity contribution is -0.275. The normalized spacial score (nSPS) is 20.9. The maximum Gasteiger partial charge on any atom is 0.435 e. The summed E-state index contributed by atoms with van der Waals surface area (Å²) >= 11 is 11.8. The summed E-state index contributed by atoms with van der Waals surface area (Å²) in [6.07, 6.45) is -4.80. The molecule has 1 heterocycles. The smallest absolute Gasteiger partial charge is 0.377 e. The van der Waals surface area contributed by atoms with Crippen LogP contribution in [0.5, 0.6) is 0 Å². The average molecular weight is 534 g/mol. The number of benzene rings is 2. The Kier molecular flexibility index (Phi) is 7.02. The van der Waals surface area contributed by atoms with Crippen molar-refractivity contribution in [2.45, 2.75) is 50.2 Å². The fraction of sp³-hybridized carbons (Fsp3) is 0.391. The second kappa shape index (κ2) is 9.57. The number of oxime groups is 1. The molecule has 1 fully saturated rings. The number of aliphatic hydroxyl groups excluding tert-OH is 1.